The molecule has 1 aromatic heterocycles. The molecule has 1 aromatic rings. The molecule has 110 valence electrons. The fourth-order valence-corrected chi connectivity index (χ4v) is 1.86. The van der Waals surface area contributed by atoms with Gasteiger partial charge in [0.1, 0.15) is 6.20 Å². The molecule has 1 amide bonds. The molecule has 20 heavy (non-hydrogen) atoms. The minimum absolute atomic E-state index is 0.145. The number of carbonyl (C=O) groups is 1. The molecule has 0 spiro atoms. The van der Waals surface area contributed by atoms with E-state index in [4.69, 9.17) is 0 Å². The van der Waals surface area contributed by atoms with Gasteiger partial charge < -0.3 is 9.87 Å². The zero-order chi connectivity index (χ0) is 14.6. The molecule has 0 atom stereocenters. The Morgan fingerprint density at radius 2 is 2.30 bits per heavy atom. The van der Waals surface area contributed by atoms with Crippen molar-refractivity contribution in [3.63, 3.8) is 0 Å². The van der Waals surface area contributed by atoms with E-state index in [1.165, 1.54) is 10.9 Å². The number of hydrogen-bond acceptors (Lipinski definition) is 6. The first-order valence-corrected chi connectivity index (χ1v) is 7.54. The number of aryl methyl sites for hydroxylation is 1. The van der Waals surface area contributed by atoms with E-state index in [2.05, 4.69) is 14.6 Å². The van der Waals surface area contributed by atoms with Crippen molar-refractivity contribution in [1.29, 1.82) is 0 Å². The number of rotatable bonds is 7. The molecule has 1 aliphatic carbocycles. The van der Waals surface area contributed by atoms with Gasteiger partial charge in [-0.3, -0.25) is 8.98 Å². The molecule has 0 aliphatic heterocycles. The average molecular weight is 301 g/mol. The van der Waals surface area contributed by atoms with E-state index < -0.39 is 10.4 Å². The second kappa shape index (κ2) is 6.25. The summed E-state index contributed by atoms with van der Waals surface area (Å²) < 4.78 is 36.2. The third kappa shape index (κ3) is 5.19. The topological polar surface area (TPSA) is 112 Å². The van der Waals surface area contributed by atoms with E-state index >= 15 is 0 Å². The molecule has 0 bridgehead atoms. The van der Waals surface area contributed by atoms with Crippen molar-refractivity contribution in [2.75, 3.05) is 6.61 Å². The molecule has 1 aliphatic rings. The molecular formula is C11H15N3O5S. The van der Waals surface area contributed by atoms with Crippen LogP contribution in [-0.2, 0) is 21.1 Å². The van der Waals surface area contributed by atoms with Crippen molar-refractivity contribution in [2.24, 2.45) is 0 Å². The molecule has 0 unspecified atom stereocenters. The van der Waals surface area contributed by atoms with Crippen molar-refractivity contribution in [1.82, 2.24) is 10.4 Å². The number of amides is 1. The Labute approximate surface area is 116 Å². The van der Waals surface area contributed by atoms with Crippen LogP contribution in [0.15, 0.2) is 18.5 Å². The first kappa shape index (κ1) is 14.8. The van der Waals surface area contributed by atoms with Crippen LogP contribution in [0.2, 0.25) is 0 Å². The van der Waals surface area contributed by atoms with Gasteiger partial charge in [0.15, 0.2) is 12.7 Å². The number of carbonyl (C=O) groups excluding carboxylic acids is 1. The molecule has 1 saturated carbocycles. The minimum Gasteiger partial charge on any atom is -0.726 e. The van der Waals surface area contributed by atoms with Crippen molar-refractivity contribution >= 4 is 16.3 Å². The van der Waals surface area contributed by atoms with Gasteiger partial charge >= 0.3 is 0 Å². The normalized spacial score (nSPS) is 15.1. The Bertz CT molecular complexity index is 568. The first-order valence-electron chi connectivity index (χ1n) is 6.21. The largest absolute Gasteiger partial charge is 0.726 e. The van der Waals surface area contributed by atoms with Gasteiger partial charge in [0, 0.05) is 18.5 Å². The third-order valence-electron chi connectivity index (χ3n) is 2.71. The van der Waals surface area contributed by atoms with E-state index in [0.717, 1.165) is 12.8 Å². The van der Waals surface area contributed by atoms with Crippen LogP contribution in [0.5, 0.6) is 0 Å². The molecule has 9 heteroatoms. The SMILES string of the molecule is O=C(NC1CC1)c1cc[n+](CCCOS(=O)(=O)[O-])nc1. The summed E-state index contributed by atoms with van der Waals surface area (Å²) in [5.74, 6) is -0.145. The van der Waals surface area contributed by atoms with Gasteiger partial charge in [-0.2, -0.15) is 0 Å². The highest BCUT2D eigenvalue weighted by Gasteiger charge is 2.24. The Hall–Kier alpha value is -1.58. The fourth-order valence-electron chi connectivity index (χ4n) is 1.53. The van der Waals surface area contributed by atoms with Crippen LogP contribution in [0, 0.1) is 0 Å². The lowest BCUT2D eigenvalue weighted by atomic mass is 10.3. The van der Waals surface area contributed by atoms with Crippen molar-refractivity contribution in [3.05, 3.63) is 24.0 Å². The second-order valence-corrected chi connectivity index (χ2v) is 5.56. The summed E-state index contributed by atoms with van der Waals surface area (Å²) in [7, 11) is -4.63. The van der Waals surface area contributed by atoms with Crippen molar-refractivity contribution in [3.8, 4) is 0 Å². The van der Waals surface area contributed by atoms with Crippen LogP contribution >= 0.6 is 0 Å². The molecule has 0 aromatic carbocycles. The summed E-state index contributed by atoms with van der Waals surface area (Å²) in [6.07, 6.45) is 5.44. The van der Waals surface area contributed by atoms with Gasteiger partial charge in [0.25, 0.3) is 5.91 Å². The maximum absolute atomic E-state index is 11.7. The maximum atomic E-state index is 11.7. The van der Waals surface area contributed by atoms with E-state index in [9.17, 15) is 17.8 Å². The Morgan fingerprint density at radius 3 is 2.85 bits per heavy atom. The lowest BCUT2D eigenvalue weighted by Crippen LogP contribution is -2.39. The van der Waals surface area contributed by atoms with E-state index in [0.29, 0.717) is 24.6 Å². The van der Waals surface area contributed by atoms with Gasteiger partial charge in [-0.25, -0.2) is 8.42 Å². The van der Waals surface area contributed by atoms with Crippen molar-refractivity contribution in [2.45, 2.75) is 31.8 Å². The highest BCUT2D eigenvalue weighted by Crippen LogP contribution is 2.18. The zero-order valence-corrected chi connectivity index (χ0v) is 11.5. The molecule has 8 nitrogen and oxygen atoms in total. The Balaban J connectivity index is 1.77. The summed E-state index contributed by atoms with van der Waals surface area (Å²) in [6, 6.07) is 1.93. The molecular weight excluding hydrogens is 286 g/mol. The lowest BCUT2D eigenvalue weighted by Gasteiger charge is -2.05. The van der Waals surface area contributed by atoms with E-state index in [1.807, 2.05) is 0 Å². The second-order valence-electron chi connectivity index (χ2n) is 4.51. The van der Waals surface area contributed by atoms with E-state index in [-0.39, 0.29) is 12.5 Å². The molecule has 0 saturated heterocycles. The summed E-state index contributed by atoms with van der Waals surface area (Å²) in [6.45, 7) is 0.199. The van der Waals surface area contributed by atoms with Crippen LogP contribution in [0.25, 0.3) is 0 Å². The summed E-state index contributed by atoms with van der Waals surface area (Å²) in [5, 5.41) is 6.88. The van der Waals surface area contributed by atoms with Crippen molar-refractivity contribution < 1.29 is 26.6 Å². The number of nitrogens with one attached hydrogen (secondary N) is 1. The van der Waals surface area contributed by atoms with Gasteiger partial charge in [-0.1, -0.05) is 4.68 Å². The maximum Gasteiger partial charge on any atom is 0.253 e. The molecule has 2 rings (SSSR count). The molecule has 1 fully saturated rings. The molecule has 1 N–H and O–H groups in total. The summed E-state index contributed by atoms with van der Waals surface area (Å²) >= 11 is 0. The minimum atomic E-state index is -4.63. The van der Waals surface area contributed by atoms with Gasteiger partial charge in [-0.15, -0.1) is 0 Å². The van der Waals surface area contributed by atoms with Gasteiger partial charge in [0.2, 0.25) is 10.4 Å². The first-order chi connectivity index (χ1) is 9.44. The number of aromatic nitrogens is 2. The average Bonchev–Trinajstić information content (AvgIpc) is 3.18. The monoisotopic (exact) mass is 301 g/mol. The summed E-state index contributed by atoms with van der Waals surface area (Å²) in [5.41, 5.74) is 0.478. The zero-order valence-electron chi connectivity index (χ0n) is 10.7. The molecule has 1 heterocycles. The molecule has 0 radical (unpaired) electrons. The van der Waals surface area contributed by atoms with E-state index in [1.54, 1.807) is 12.3 Å². The van der Waals surface area contributed by atoms with Crippen LogP contribution in [-0.4, -0.2) is 36.6 Å². The predicted octanol–water partition coefficient (Wildman–Crippen LogP) is -0.872. The Morgan fingerprint density at radius 1 is 1.55 bits per heavy atom. The third-order valence-corrected chi connectivity index (χ3v) is 3.16. The van der Waals surface area contributed by atoms with Gasteiger partial charge in [0.05, 0.1) is 12.2 Å². The Kier molecular flexibility index (Phi) is 4.63. The number of nitrogens with zero attached hydrogens (tertiary/aromatic N) is 2. The highest BCUT2D eigenvalue weighted by molar-refractivity contribution is 7.80. The predicted molar refractivity (Wildman–Crippen MR) is 65.2 cm³/mol. The van der Waals surface area contributed by atoms with Crippen LogP contribution in [0.1, 0.15) is 29.6 Å². The number of hydrogen-bond donors (Lipinski definition) is 1. The quantitative estimate of drug-likeness (QED) is 0.303. The highest BCUT2D eigenvalue weighted by atomic mass is 32.3. The lowest BCUT2D eigenvalue weighted by molar-refractivity contribution is -0.754. The van der Waals surface area contributed by atoms with Crippen LogP contribution in [0.4, 0.5) is 0 Å². The van der Waals surface area contributed by atoms with Crippen LogP contribution in [0.3, 0.4) is 0 Å². The summed E-state index contributed by atoms with van der Waals surface area (Å²) in [4.78, 5) is 11.7. The van der Waals surface area contributed by atoms with Gasteiger partial charge in [-0.05, 0) is 17.9 Å². The fraction of sp³-hybridized carbons (Fsp3) is 0.545. The smallest absolute Gasteiger partial charge is 0.253 e. The standard InChI is InChI=1S/C11H15N3O5S/c15-11(13-10-2-3-10)9-4-6-14(12-8-9)5-1-7-19-20(16,17)18/h4,6,8,10H,1-3,5,7H2,(H-,13,15,16,17,18). The van der Waals surface area contributed by atoms with Crippen LogP contribution < -0.4 is 10.00 Å².